The lowest BCUT2D eigenvalue weighted by Gasteiger charge is -2.10. The van der Waals surface area contributed by atoms with Crippen molar-refractivity contribution >= 4 is 81.8 Å². The van der Waals surface area contributed by atoms with Crippen LogP contribution in [-0.4, -0.2) is 66.2 Å². The highest BCUT2D eigenvalue weighted by Crippen LogP contribution is 2.32. The molecule has 24 heteroatoms. The number of nitrogens with zero attached hydrogens (tertiary/aromatic N) is 11. The van der Waals surface area contributed by atoms with Crippen LogP contribution in [0.5, 0.6) is 0 Å². The molecule has 0 aliphatic rings. The van der Waals surface area contributed by atoms with Gasteiger partial charge in [-0.2, -0.15) is 71.0 Å². The SMILES string of the molecule is Cc1cc(Cc2nc(Cc3ccc(N=Nc4ccc(N=Nc5ccc(S(=O)(=O)O)cc5)cc4)cc3)nc(NCCS(=O)(=O)O)n2)ccc1N=Nc1ccc(N=Nc2ccccc2)cc1S(=O)(=O)O. The Morgan fingerprint density at radius 3 is 1.46 bits per heavy atom. The van der Waals surface area contributed by atoms with E-state index in [1.807, 2.05) is 24.3 Å². The first-order valence-electron chi connectivity index (χ1n) is 20.0. The Hall–Kier alpha value is -7.74. The maximum absolute atomic E-state index is 12.3. The van der Waals surface area contributed by atoms with Crippen LogP contribution in [0.25, 0.3) is 0 Å². The molecule has 4 N–H and O–H groups in total. The molecule has 1 heterocycles. The van der Waals surface area contributed by atoms with Crippen LogP contribution < -0.4 is 5.32 Å². The van der Waals surface area contributed by atoms with E-state index >= 15 is 0 Å². The van der Waals surface area contributed by atoms with Crippen LogP contribution in [0.3, 0.4) is 0 Å². The largest absolute Gasteiger partial charge is 0.353 e. The van der Waals surface area contributed by atoms with E-state index < -0.39 is 41.0 Å². The van der Waals surface area contributed by atoms with Gasteiger partial charge in [0.25, 0.3) is 30.4 Å². The highest BCUT2D eigenvalue weighted by Gasteiger charge is 2.18. The summed E-state index contributed by atoms with van der Waals surface area (Å²) in [6.07, 6.45) is 0.491. The fourth-order valence-corrected chi connectivity index (χ4v) is 7.54. The summed E-state index contributed by atoms with van der Waals surface area (Å²) in [6.45, 7) is 1.62. The molecule has 0 atom stereocenters. The summed E-state index contributed by atoms with van der Waals surface area (Å²) < 4.78 is 98.2. The minimum atomic E-state index is -4.71. The van der Waals surface area contributed by atoms with E-state index in [0.717, 1.165) is 17.2 Å². The second-order valence-electron chi connectivity index (χ2n) is 14.6. The molecule has 0 unspecified atom stereocenters. The van der Waals surface area contributed by atoms with Crippen LogP contribution in [0.15, 0.2) is 190 Å². The van der Waals surface area contributed by atoms with Crippen molar-refractivity contribution < 1.29 is 38.9 Å². The molecule has 0 aliphatic heterocycles. The number of nitrogens with one attached hydrogen (secondary N) is 1. The zero-order valence-corrected chi connectivity index (χ0v) is 38.0. The third-order valence-corrected chi connectivity index (χ3v) is 11.8. The van der Waals surface area contributed by atoms with Crippen molar-refractivity contribution in [2.45, 2.75) is 29.6 Å². The first-order chi connectivity index (χ1) is 32.4. The fourth-order valence-electron chi connectivity index (χ4n) is 6.06. The molecular weight excluding hydrogens is 937 g/mol. The Labute approximate surface area is 389 Å². The van der Waals surface area contributed by atoms with Crippen molar-refractivity contribution in [2.75, 3.05) is 17.6 Å². The maximum atomic E-state index is 12.3. The molecule has 0 spiro atoms. The van der Waals surface area contributed by atoms with Gasteiger partial charge in [-0.25, -0.2) is 4.98 Å². The normalized spacial score (nSPS) is 12.5. The molecule has 0 fully saturated rings. The lowest BCUT2D eigenvalue weighted by atomic mass is 10.1. The zero-order chi connectivity index (χ0) is 48.3. The van der Waals surface area contributed by atoms with Gasteiger partial charge in [0, 0.05) is 19.4 Å². The molecule has 68 heavy (non-hydrogen) atoms. The number of azo groups is 4. The predicted octanol–water partition coefficient (Wildman–Crippen LogP) is 10.8. The molecule has 346 valence electrons. The average Bonchev–Trinajstić information content (AvgIpc) is 3.29. The third-order valence-electron chi connectivity index (χ3n) is 9.36. The molecule has 0 bridgehead atoms. The number of hydrogen-bond acceptors (Lipinski definition) is 18. The number of hydrogen-bond donors (Lipinski definition) is 4. The van der Waals surface area contributed by atoms with E-state index in [2.05, 4.69) is 61.2 Å². The summed E-state index contributed by atoms with van der Waals surface area (Å²) in [5.41, 5.74) is 5.31. The fraction of sp³-hybridized carbons (Fsp3) is 0.114. The summed E-state index contributed by atoms with van der Waals surface area (Å²) in [5, 5.41) is 36.1. The quantitative estimate of drug-likeness (QED) is 0.0460. The highest BCUT2D eigenvalue weighted by molar-refractivity contribution is 7.86. The van der Waals surface area contributed by atoms with Crippen molar-refractivity contribution in [3.8, 4) is 0 Å². The number of rotatable bonds is 18. The molecular formula is C44H38N12O9S3. The lowest BCUT2D eigenvalue weighted by molar-refractivity contribution is 0.481. The van der Waals surface area contributed by atoms with E-state index in [4.69, 9.17) is 4.55 Å². The Morgan fingerprint density at radius 2 is 0.926 bits per heavy atom. The second-order valence-corrected chi connectivity index (χ2v) is 19.0. The smallest absolute Gasteiger partial charge is 0.296 e. The van der Waals surface area contributed by atoms with E-state index in [1.54, 1.807) is 79.7 Å². The topological polar surface area (TPSA) is 313 Å². The first-order valence-corrected chi connectivity index (χ1v) is 24.5. The van der Waals surface area contributed by atoms with E-state index in [0.29, 0.717) is 51.3 Å². The van der Waals surface area contributed by atoms with Crippen LogP contribution in [0.2, 0.25) is 0 Å². The summed E-state index contributed by atoms with van der Waals surface area (Å²) in [4.78, 5) is 12.9. The minimum Gasteiger partial charge on any atom is -0.353 e. The molecule has 21 nitrogen and oxygen atoms in total. The Morgan fingerprint density at radius 1 is 0.471 bits per heavy atom. The van der Waals surface area contributed by atoms with Gasteiger partial charge in [-0.1, -0.05) is 42.5 Å². The van der Waals surface area contributed by atoms with Crippen LogP contribution in [0.1, 0.15) is 28.3 Å². The highest BCUT2D eigenvalue weighted by atomic mass is 32.2. The number of aromatic nitrogens is 3. The predicted molar refractivity (Wildman–Crippen MR) is 250 cm³/mol. The lowest BCUT2D eigenvalue weighted by Crippen LogP contribution is -2.17. The molecule has 0 saturated heterocycles. The van der Waals surface area contributed by atoms with Crippen molar-refractivity contribution in [3.63, 3.8) is 0 Å². The Kier molecular flexibility index (Phi) is 15.1. The van der Waals surface area contributed by atoms with Crippen molar-refractivity contribution in [1.82, 2.24) is 15.0 Å². The summed E-state index contributed by atoms with van der Waals surface area (Å²) in [6, 6.07) is 37.3. The second kappa shape index (κ2) is 21.3. The molecule has 0 amide bonds. The number of anilines is 1. The molecule has 0 aliphatic carbocycles. The monoisotopic (exact) mass is 974 g/mol. The third kappa shape index (κ3) is 14.4. The molecule has 0 saturated carbocycles. The molecule has 7 rings (SSSR count). The van der Waals surface area contributed by atoms with Crippen molar-refractivity contribution in [2.24, 2.45) is 40.9 Å². The zero-order valence-electron chi connectivity index (χ0n) is 35.5. The van der Waals surface area contributed by atoms with Gasteiger partial charge in [0.15, 0.2) is 0 Å². The van der Waals surface area contributed by atoms with Gasteiger partial charge in [-0.05, 0) is 121 Å². The van der Waals surface area contributed by atoms with Crippen LogP contribution in [0, 0.1) is 6.92 Å². The molecule has 7 aromatic rings. The van der Waals surface area contributed by atoms with Gasteiger partial charge >= 0.3 is 0 Å². The van der Waals surface area contributed by atoms with Crippen LogP contribution in [0.4, 0.5) is 51.4 Å². The van der Waals surface area contributed by atoms with E-state index in [1.165, 1.54) is 36.4 Å². The summed E-state index contributed by atoms with van der Waals surface area (Å²) in [5.74, 6) is 0.256. The van der Waals surface area contributed by atoms with Gasteiger partial charge in [0.1, 0.15) is 22.2 Å². The molecule has 0 radical (unpaired) electrons. The Bertz CT molecular complexity index is 3400. The van der Waals surface area contributed by atoms with Gasteiger partial charge in [0.05, 0.1) is 50.5 Å². The van der Waals surface area contributed by atoms with Crippen LogP contribution in [-0.2, 0) is 43.2 Å². The van der Waals surface area contributed by atoms with Gasteiger partial charge in [-0.3, -0.25) is 13.7 Å². The van der Waals surface area contributed by atoms with Gasteiger partial charge < -0.3 is 5.32 Å². The van der Waals surface area contributed by atoms with Crippen molar-refractivity contribution in [3.05, 3.63) is 168 Å². The van der Waals surface area contributed by atoms with Crippen LogP contribution >= 0.6 is 0 Å². The average molecular weight is 975 g/mol. The van der Waals surface area contributed by atoms with Gasteiger partial charge in [0.2, 0.25) is 5.95 Å². The molecule has 6 aromatic carbocycles. The van der Waals surface area contributed by atoms with E-state index in [-0.39, 0.29) is 41.6 Å². The first kappa shape index (κ1) is 48.2. The number of benzene rings is 6. The number of aryl methyl sites for hydroxylation is 1. The standard InChI is InChI=1S/C44H38N12O9S3/c1-29-25-31(9-21-39(29)55-56-40-22-18-37(28-41(40)68(63,64)65)54-49-32-5-3-2-4-6-32)27-43-46-42(47-44(48-43)45-23-24-66(57,58)59)26-30-7-10-33(11-8-30)50-51-34-12-14-35(15-13-34)52-53-36-16-19-38(20-17-36)67(60,61)62/h2-22,25,28H,23-24,26-27H2,1H3,(H,57,58,59)(H,60,61,62)(H,63,64,65)(H,45,46,47,48). The van der Waals surface area contributed by atoms with Gasteiger partial charge in [-0.15, -0.1) is 5.11 Å². The maximum Gasteiger partial charge on any atom is 0.296 e. The van der Waals surface area contributed by atoms with Crippen molar-refractivity contribution in [1.29, 1.82) is 0 Å². The Balaban J connectivity index is 1.02. The summed E-state index contributed by atoms with van der Waals surface area (Å²) in [7, 11) is -13.3. The molecule has 1 aromatic heterocycles. The minimum absolute atomic E-state index is 0.102. The van der Waals surface area contributed by atoms with E-state index in [9.17, 15) is 34.4 Å². The summed E-state index contributed by atoms with van der Waals surface area (Å²) >= 11 is 0.